The van der Waals surface area contributed by atoms with Gasteiger partial charge in [0.05, 0.1) is 0 Å². The second kappa shape index (κ2) is 5.09. The lowest BCUT2D eigenvalue weighted by Gasteiger charge is -2.34. The summed E-state index contributed by atoms with van der Waals surface area (Å²) in [6.07, 6.45) is 4.19. The maximum Gasteiger partial charge on any atom is 0.298 e. The van der Waals surface area contributed by atoms with Gasteiger partial charge in [-0.05, 0) is 43.9 Å². The van der Waals surface area contributed by atoms with Crippen LogP contribution in [-0.4, -0.2) is 29.3 Å². The largest absolute Gasteiger partial charge is 0.423 e. The van der Waals surface area contributed by atoms with Crippen LogP contribution in [0.15, 0.2) is 22.6 Å². The highest BCUT2D eigenvalue weighted by molar-refractivity contribution is 5.78. The Morgan fingerprint density at radius 2 is 2.32 bits per heavy atom. The molecule has 5 heteroatoms. The van der Waals surface area contributed by atoms with E-state index in [4.69, 9.17) is 15.3 Å². The quantitative estimate of drug-likeness (QED) is 0.828. The Bertz CT molecular complexity index is 565. The van der Waals surface area contributed by atoms with E-state index >= 15 is 0 Å². The van der Waals surface area contributed by atoms with Gasteiger partial charge in [-0.1, -0.05) is 0 Å². The third-order valence-electron chi connectivity index (χ3n) is 3.74. The van der Waals surface area contributed by atoms with E-state index in [0.29, 0.717) is 17.7 Å². The molecule has 1 fully saturated rings. The molecule has 0 radical (unpaired) electrons. The number of fused-ring (bicyclic) bond motifs is 1. The topological polar surface area (TPSA) is 75.5 Å². The lowest BCUT2D eigenvalue weighted by atomic mass is 10.0. The van der Waals surface area contributed by atoms with E-state index in [2.05, 4.69) is 9.88 Å². The van der Waals surface area contributed by atoms with Crippen LogP contribution in [0.2, 0.25) is 0 Å². The van der Waals surface area contributed by atoms with Gasteiger partial charge in [0, 0.05) is 24.9 Å². The van der Waals surface area contributed by atoms with Crippen LogP contribution in [0, 0.1) is 0 Å². The van der Waals surface area contributed by atoms with Crippen LogP contribution in [0.4, 0.5) is 11.7 Å². The van der Waals surface area contributed by atoms with E-state index in [1.165, 1.54) is 6.42 Å². The summed E-state index contributed by atoms with van der Waals surface area (Å²) >= 11 is 0. The van der Waals surface area contributed by atoms with Crippen molar-refractivity contribution in [3.8, 4) is 0 Å². The number of aliphatic hydroxyl groups excluding tert-OH is 1. The van der Waals surface area contributed by atoms with Gasteiger partial charge in [0.2, 0.25) is 0 Å². The summed E-state index contributed by atoms with van der Waals surface area (Å²) in [6.45, 7) is 1.14. The number of benzene rings is 1. The maximum atomic E-state index is 9.17. The molecule has 3 rings (SSSR count). The molecule has 1 atom stereocenters. The molecular weight excluding hydrogens is 242 g/mol. The number of hydrogen-bond acceptors (Lipinski definition) is 5. The Balaban J connectivity index is 1.92. The van der Waals surface area contributed by atoms with Gasteiger partial charge in [-0.2, -0.15) is 4.98 Å². The third-order valence-corrected chi connectivity index (χ3v) is 3.74. The van der Waals surface area contributed by atoms with Crippen LogP contribution in [0.3, 0.4) is 0 Å². The van der Waals surface area contributed by atoms with Crippen LogP contribution < -0.4 is 10.6 Å². The predicted octanol–water partition coefficient (Wildman–Crippen LogP) is 2.15. The van der Waals surface area contributed by atoms with Gasteiger partial charge >= 0.3 is 0 Å². The average Bonchev–Trinajstić information content (AvgIpc) is 2.82. The number of hydrogen-bond donors (Lipinski definition) is 2. The normalized spacial score (nSPS) is 20.1. The molecule has 0 spiro atoms. The van der Waals surface area contributed by atoms with Crippen molar-refractivity contribution in [2.45, 2.75) is 31.7 Å². The van der Waals surface area contributed by atoms with Crippen LogP contribution in [0.5, 0.6) is 0 Å². The smallest absolute Gasteiger partial charge is 0.298 e. The number of oxazole rings is 1. The minimum absolute atomic E-state index is 0.203. The summed E-state index contributed by atoms with van der Waals surface area (Å²) < 4.78 is 5.82. The van der Waals surface area contributed by atoms with E-state index in [-0.39, 0.29) is 6.61 Å². The molecular formula is C14H19N3O2. The van der Waals surface area contributed by atoms with Gasteiger partial charge < -0.3 is 20.2 Å². The summed E-state index contributed by atoms with van der Waals surface area (Å²) in [5.74, 6) is 0. The minimum Gasteiger partial charge on any atom is -0.423 e. The van der Waals surface area contributed by atoms with Gasteiger partial charge in [0.25, 0.3) is 6.01 Å². The van der Waals surface area contributed by atoms with E-state index < -0.39 is 0 Å². The summed E-state index contributed by atoms with van der Waals surface area (Å²) in [5.41, 5.74) is 8.01. The summed E-state index contributed by atoms with van der Waals surface area (Å²) in [4.78, 5) is 6.70. The highest BCUT2D eigenvalue weighted by Gasteiger charge is 2.25. The van der Waals surface area contributed by atoms with E-state index in [1.807, 2.05) is 18.2 Å². The molecule has 2 heterocycles. The number of piperidine rings is 1. The number of aromatic nitrogens is 1. The molecule has 0 amide bonds. The number of aliphatic hydroxyl groups is 1. The monoisotopic (exact) mass is 261 g/mol. The van der Waals surface area contributed by atoms with Crippen LogP contribution in [0.1, 0.15) is 25.7 Å². The molecule has 0 aliphatic carbocycles. The van der Waals surface area contributed by atoms with Crippen LogP contribution in [0.25, 0.3) is 11.1 Å². The predicted molar refractivity (Wildman–Crippen MR) is 75.1 cm³/mol. The average molecular weight is 261 g/mol. The molecule has 1 saturated heterocycles. The first-order valence-electron chi connectivity index (χ1n) is 6.81. The molecule has 1 aromatic heterocycles. The zero-order valence-electron chi connectivity index (χ0n) is 10.9. The van der Waals surface area contributed by atoms with E-state index in [0.717, 1.165) is 36.9 Å². The zero-order chi connectivity index (χ0) is 13.2. The van der Waals surface area contributed by atoms with E-state index in [9.17, 15) is 0 Å². The number of anilines is 2. The van der Waals surface area contributed by atoms with Crippen molar-refractivity contribution in [1.29, 1.82) is 0 Å². The number of nitrogens with two attached hydrogens (primary N) is 1. The van der Waals surface area contributed by atoms with Crippen molar-refractivity contribution in [3.63, 3.8) is 0 Å². The molecule has 1 aromatic carbocycles. The van der Waals surface area contributed by atoms with Gasteiger partial charge in [-0.15, -0.1) is 0 Å². The van der Waals surface area contributed by atoms with E-state index in [1.54, 1.807) is 0 Å². The fourth-order valence-corrected chi connectivity index (χ4v) is 2.76. The van der Waals surface area contributed by atoms with Gasteiger partial charge in [-0.3, -0.25) is 0 Å². The van der Waals surface area contributed by atoms with Crippen molar-refractivity contribution in [3.05, 3.63) is 18.2 Å². The zero-order valence-corrected chi connectivity index (χ0v) is 10.9. The fraction of sp³-hybridized carbons (Fsp3) is 0.500. The Kier molecular flexibility index (Phi) is 3.29. The summed E-state index contributed by atoms with van der Waals surface area (Å²) in [6, 6.07) is 6.47. The Hall–Kier alpha value is -1.75. The first kappa shape index (κ1) is 12.3. The molecule has 1 aliphatic rings. The standard InChI is InChI=1S/C14H19N3O2/c15-10-4-5-13-12(9-10)16-14(19-13)17-7-2-1-3-11(17)6-8-18/h4-5,9,11,18H,1-3,6-8,15H2. The third kappa shape index (κ3) is 2.38. The molecule has 102 valence electrons. The van der Waals surface area contributed by atoms with Gasteiger partial charge in [-0.25, -0.2) is 0 Å². The highest BCUT2D eigenvalue weighted by atomic mass is 16.4. The van der Waals surface area contributed by atoms with Gasteiger partial charge in [0.15, 0.2) is 5.58 Å². The summed E-state index contributed by atoms with van der Waals surface area (Å²) in [5, 5.41) is 9.17. The maximum absolute atomic E-state index is 9.17. The second-order valence-corrected chi connectivity index (χ2v) is 5.08. The Morgan fingerprint density at radius 3 is 3.16 bits per heavy atom. The highest BCUT2D eigenvalue weighted by Crippen LogP contribution is 2.29. The lowest BCUT2D eigenvalue weighted by Crippen LogP contribution is -2.40. The molecule has 19 heavy (non-hydrogen) atoms. The van der Waals surface area contributed by atoms with Gasteiger partial charge in [0.1, 0.15) is 5.52 Å². The molecule has 5 nitrogen and oxygen atoms in total. The second-order valence-electron chi connectivity index (χ2n) is 5.08. The molecule has 1 aliphatic heterocycles. The lowest BCUT2D eigenvalue weighted by molar-refractivity contribution is 0.259. The Morgan fingerprint density at radius 1 is 1.42 bits per heavy atom. The van der Waals surface area contributed by atoms with Crippen molar-refractivity contribution >= 4 is 22.8 Å². The van der Waals surface area contributed by atoms with Crippen molar-refractivity contribution < 1.29 is 9.52 Å². The number of rotatable bonds is 3. The van der Waals surface area contributed by atoms with Crippen molar-refractivity contribution in [1.82, 2.24) is 4.98 Å². The van der Waals surface area contributed by atoms with Crippen LogP contribution in [-0.2, 0) is 0 Å². The summed E-state index contributed by atoms with van der Waals surface area (Å²) in [7, 11) is 0. The number of nitrogen functional groups attached to an aromatic ring is 1. The van der Waals surface area contributed by atoms with Crippen molar-refractivity contribution in [2.75, 3.05) is 23.8 Å². The first-order chi connectivity index (χ1) is 9.28. The molecule has 2 aromatic rings. The van der Waals surface area contributed by atoms with Crippen LogP contribution >= 0.6 is 0 Å². The first-order valence-corrected chi connectivity index (χ1v) is 6.81. The molecule has 1 unspecified atom stereocenters. The Labute approximate surface area is 112 Å². The number of nitrogens with zero attached hydrogens (tertiary/aromatic N) is 2. The SMILES string of the molecule is Nc1ccc2oc(N3CCCCC3CCO)nc2c1. The van der Waals surface area contributed by atoms with Crippen molar-refractivity contribution in [2.24, 2.45) is 0 Å². The molecule has 3 N–H and O–H groups in total. The molecule has 0 bridgehead atoms. The fourth-order valence-electron chi connectivity index (χ4n) is 2.76. The minimum atomic E-state index is 0.203. The molecule has 0 saturated carbocycles.